The molecule has 1 saturated carbocycles. The van der Waals surface area contributed by atoms with Crippen molar-refractivity contribution in [2.24, 2.45) is 0 Å². The van der Waals surface area contributed by atoms with E-state index in [9.17, 15) is 4.79 Å². The van der Waals surface area contributed by atoms with Gasteiger partial charge in [-0.15, -0.1) is 26.0 Å². The Balaban J connectivity index is 0.000000976. The highest BCUT2D eigenvalue weighted by Gasteiger charge is 2.26. The quantitative estimate of drug-likeness (QED) is 0.169. The summed E-state index contributed by atoms with van der Waals surface area (Å²) in [6.45, 7) is 23.5. The average molecular weight is 665 g/mol. The van der Waals surface area contributed by atoms with Gasteiger partial charge in [-0.3, -0.25) is 19.8 Å². The van der Waals surface area contributed by atoms with Crippen LogP contribution in [-0.2, 0) is 14.4 Å². The van der Waals surface area contributed by atoms with Gasteiger partial charge in [-0.1, -0.05) is 20.8 Å². The lowest BCUT2D eigenvalue weighted by molar-refractivity contribution is -0.105. The van der Waals surface area contributed by atoms with Crippen molar-refractivity contribution in [1.29, 1.82) is 0 Å². The molecule has 15 nitrogen and oxygen atoms in total. The maximum absolute atomic E-state index is 9.80. The van der Waals surface area contributed by atoms with Crippen molar-refractivity contribution >= 4 is 49.5 Å². The van der Waals surface area contributed by atoms with Crippen molar-refractivity contribution in [1.82, 2.24) is 40.0 Å². The number of hydrogen-bond donors (Lipinski definition) is 3. The van der Waals surface area contributed by atoms with Gasteiger partial charge in [0.25, 0.3) is 0 Å². The van der Waals surface area contributed by atoms with Crippen LogP contribution in [0.4, 0.5) is 29.5 Å². The van der Waals surface area contributed by atoms with Crippen LogP contribution in [0.1, 0.15) is 64.5 Å². The fraction of sp³-hybridized carbons (Fsp3) is 0.485. The zero-order chi connectivity index (χ0) is 36.2. The number of piperazine rings is 1. The first-order valence-corrected chi connectivity index (χ1v) is 15.9. The monoisotopic (exact) mass is 664 g/mol. The number of nitrogens with zero attached hydrogens (tertiary/aromatic N) is 9. The van der Waals surface area contributed by atoms with Gasteiger partial charge >= 0.3 is 0 Å². The highest BCUT2D eigenvalue weighted by Crippen LogP contribution is 2.39. The molecule has 2 aliphatic heterocycles. The second-order valence-corrected chi connectivity index (χ2v) is 9.74. The van der Waals surface area contributed by atoms with Gasteiger partial charge in [0.1, 0.15) is 13.6 Å². The summed E-state index contributed by atoms with van der Waals surface area (Å²) in [5, 5.41) is 13.2. The average Bonchev–Trinajstić information content (AvgIpc) is 3.66. The van der Waals surface area contributed by atoms with Gasteiger partial charge in [0.2, 0.25) is 24.3 Å². The molecule has 0 bridgehead atoms. The fourth-order valence-corrected chi connectivity index (χ4v) is 4.65. The predicted octanol–water partition coefficient (Wildman–Crippen LogP) is 4.10. The third-order valence-electron chi connectivity index (χ3n) is 6.82. The molecular formula is C33H52N12O3. The molecule has 0 radical (unpaired) electrons. The van der Waals surface area contributed by atoms with E-state index in [1.54, 1.807) is 0 Å². The lowest BCUT2D eigenvalue weighted by Gasteiger charge is -2.34. The Bertz CT molecular complexity index is 1250. The first kappa shape index (κ1) is 42.8. The Morgan fingerprint density at radius 3 is 1.98 bits per heavy atom. The maximum atomic E-state index is 9.80. The van der Waals surface area contributed by atoms with Crippen molar-refractivity contribution in [3.05, 3.63) is 43.5 Å². The van der Waals surface area contributed by atoms with Gasteiger partial charge in [-0.25, -0.2) is 4.98 Å². The zero-order valence-corrected chi connectivity index (χ0v) is 28.7. The van der Waals surface area contributed by atoms with Gasteiger partial charge in [-0.2, -0.15) is 20.1 Å². The van der Waals surface area contributed by atoms with E-state index in [4.69, 9.17) is 24.5 Å². The Kier molecular flexibility index (Phi) is 24.0. The summed E-state index contributed by atoms with van der Waals surface area (Å²) in [6, 6.07) is 2.08. The van der Waals surface area contributed by atoms with E-state index >= 15 is 0 Å². The molecule has 0 atom stereocenters. The van der Waals surface area contributed by atoms with Gasteiger partial charge in [0.05, 0.1) is 6.20 Å². The van der Waals surface area contributed by atoms with Crippen LogP contribution in [0.3, 0.4) is 0 Å². The zero-order valence-electron chi connectivity index (χ0n) is 28.7. The SMILES string of the molecule is C#C.C=C.C=O.C=O.CC.CCCN1CCN(c2nc(Nc3cc(C4CC4)[nH]n3)nc(N3CCCC3)n2)CC1.O=CNc1cnccn1. The molecule has 3 fully saturated rings. The molecule has 15 heteroatoms. The second-order valence-electron chi connectivity index (χ2n) is 9.74. The summed E-state index contributed by atoms with van der Waals surface area (Å²) in [4.78, 5) is 54.7. The number of carbonyl (C=O) groups is 3. The number of aromatic amines is 1. The lowest BCUT2D eigenvalue weighted by Crippen LogP contribution is -2.47. The van der Waals surface area contributed by atoms with Crippen molar-refractivity contribution in [3.63, 3.8) is 0 Å². The summed E-state index contributed by atoms with van der Waals surface area (Å²) in [6.07, 6.45) is 19.2. The molecule has 3 aliphatic rings. The fourth-order valence-electron chi connectivity index (χ4n) is 4.65. The number of aromatic nitrogens is 7. The van der Waals surface area contributed by atoms with Crippen molar-refractivity contribution in [2.45, 2.75) is 58.8 Å². The van der Waals surface area contributed by atoms with Crippen LogP contribution in [0.15, 0.2) is 37.8 Å². The van der Waals surface area contributed by atoms with E-state index in [-0.39, 0.29) is 0 Å². The largest absolute Gasteiger partial charge is 0.341 e. The van der Waals surface area contributed by atoms with E-state index in [0.717, 1.165) is 57.0 Å². The Labute approximate surface area is 285 Å². The summed E-state index contributed by atoms with van der Waals surface area (Å²) in [7, 11) is 0. The van der Waals surface area contributed by atoms with Crippen LogP contribution < -0.4 is 20.4 Å². The molecule has 5 heterocycles. The maximum Gasteiger partial charge on any atom is 0.235 e. The van der Waals surface area contributed by atoms with Crippen LogP contribution in [0, 0.1) is 12.8 Å². The van der Waals surface area contributed by atoms with E-state index in [0.29, 0.717) is 24.1 Å². The molecule has 6 rings (SSSR count). The number of anilines is 5. The van der Waals surface area contributed by atoms with Gasteiger partial charge < -0.3 is 30.0 Å². The van der Waals surface area contributed by atoms with E-state index in [1.165, 1.54) is 62.9 Å². The molecule has 48 heavy (non-hydrogen) atoms. The number of nitrogens with one attached hydrogen (secondary N) is 3. The minimum atomic E-state index is 0.465. The first-order valence-electron chi connectivity index (χ1n) is 15.9. The van der Waals surface area contributed by atoms with E-state index in [1.807, 2.05) is 27.4 Å². The first-order chi connectivity index (χ1) is 23.7. The molecule has 3 N–H and O–H groups in total. The Morgan fingerprint density at radius 2 is 1.48 bits per heavy atom. The molecule has 2 saturated heterocycles. The number of carbonyl (C=O) groups excluding carboxylic acids is 3. The number of H-pyrrole nitrogens is 1. The molecule has 1 aliphatic carbocycles. The molecule has 1 amide bonds. The van der Waals surface area contributed by atoms with E-state index in [2.05, 4.69) is 84.5 Å². The second kappa shape index (κ2) is 26.9. The highest BCUT2D eigenvalue weighted by molar-refractivity contribution is 5.67. The van der Waals surface area contributed by atoms with Crippen molar-refractivity contribution in [3.8, 4) is 12.8 Å². The molecule has 0 unspecified atom stereocenters. The van der Waals surface area contributed by atoms with Gasteiger partial charge in [-0.05, 0) is 38.6 Å². The topological polar surface area (TPSA) is 178 Å². The molecule has 3 aromatic rings. The third-order valence-corrected chi connectivity index (χ3v) is 6.82. The number of rotatable bonds is 9. The van der Waals surface area contributed by atoms with Crippen LogP contribution in [0.25, 0.3) is 0 Å². The van der Waals surface area contributed by atoms with Crippen LogP contribution in [0.2, 0.25) is 0 Å². The van der Waals surface area contributed by atoms with Gasteiger partial charge in [0.15, 0.2) is 11.6 Å². The summed E-state index contributed by atoms with van der Waals surface area (Å²) in [5.74, 6) is 4.03. The van der Waals surface area contributed by atoms with Crippen LogP contribution >= 0.6 is 0 Å². The summed E-state index contributed by atoms with van der Waals surface area (Å²) >= 11 is 0. The van der Waals surface area contributed by atoms with Crippen LogP contribution in [-0.4, -0.2) is 106 Å². The Hall–Kier alpha value is -5.23. The van der Waals surface area contributed by atoms with Crippen molar-refractivity contribution in [2.75, 3.05) is 66.2 Å². The normalized spacial score (nSPS) is 14.4. The number of terminal acetylenes is 1. The number of hydrogen-bond acceptors (Lipinski definition) is 13. The molecule has 0 aromatic carbocycles. The van der Waals surface area contributed by atoms with E-state index < -0.39 is 0 Å². The predicted molar refractivity (Wildman–Crippen MR) is 193 cm³/mol. The van der Waals surface area contributed by atoms with Gasteiger partial charge in [0, 0.05) is 69.3 Å². The summed E-state index contributed by atoms with van der Waals surface area (Å²) < 4.78 is 0. The minimum absolute atomic E-state index is 0.465. The Morgan fingerprint density at radius 1 is 0.896 bits per heavy atom. The minimum Gasteiger partial charge on any atom is -0.341 e. The lowest BCUT2D eigenvalue weighted by atomic mass is 10.3. The molecule has 0 spiro atoms. The summed E-state index contributed by atoms with van der Waals surface area (Å²) in [5.41, 5.74) is 1.20. The van der Waals surface area contributed by atoms with Crippen LogP contribution in [0.5, 0.6) is 0 Å². The smallest absolute Gasteiger partial charge is 0.235 e. The number of amides is 1. The highest BCUT2D eigenvalue weighted by atomic mass is 16.1. The molecular weight excluding hydrogens is 612 g/mol. The molecule has 262 valence electrons. The standard InChI is InChI=1S/C20H31N9.C5H5N3O.C2H6.C2H4.C2H2.2CH2O/c1-2-7-27-10-12-29(13-11-27)20-23-18(22-19(24-20)28-8-3-4-9-28)21-17-14-16(25-26-17)15-5-6-15;9-4-8-5-3-6-1-2-7-5;5*1-2/h14-15H,2-13H2,1H3,(H2,21,22,23,24,25,26);1-4H,(H,7,8,9);1-2H3;1-2H2;1-2H;2*1H2. The third kappa shape index (κ3) is 14.9. The van der Waals surface area contributed by atoms with Crippen molar-refractivity contribution < 1.29 is 14.4 Å². The molecule has 3 aromatic heterocycles.